The van der Waals surface area contributed by atoms with E-state index >= 15 is 0 Å². The summed E-state index contributed by atoms with van der Waals surface area (Å²) in [6, 6.07) is 6.30. The second-order valence-electron chi connectivity index (χ2n) is 5.19. The van der Waals surface area contributed by atoms with Crippen molar-refractivity contribution in [2.75, 3.05) is 13.2 Å². The molecule has 0 aliphatic heterocycles. The van der Waals surface area contributed by atoms with Crippen molar-refractivity contribution in [3.63, 3.8) is 0 Å². The van der Waals surface area contributed by atoms with E-state index in [1.807, 2.05) is 0 Å². The molecule has 1 unspecified atom stereocenters. The molecule has 0 spiro atoms. The molecule has 0 amide bonds. The first-order chi connectivity index (χ1) is 9.00. The number of nitrogens with zero attached hydrogens (tertiary/aromatic N) is 1. The lowest BCUT2D eigenvalue weighted by molar-refractivity contribution is 0.0119. The Bertz CT molecular complexity index is 493. The van der Waals surface area contributed by atoms with Crippen molar-refractivity contribution in [3.8, 4) is 11.8 Å². The van der Waals surface area contributed by atoms with Gasteiger partial charge in [-0.2, -0.15) is 5.26 Å². The lowest BCUT2D eigenvalue weighted by Gasteiger charge is -2.24. The van der Waals surface area contributed by atoms with Crippen LogP contribution < -0.4 is 10.1 Å². The molecule has 2 rings (SSSR count). The average Bonchev–Trinajstić information content (AvgIpc) is 3.18. The normalized spacial score (nSPS) is 17.6. The molecule has 102 valence electrons. The van der Waals surface area contributed by atoms with Crippen LogP contribution in [0.25, 0.3) is 0 Å². The monoisotopic (exact) mass is 264 g/mol. The first kappa shape index (κ1) is 13.8. The molecule has 5 heteroatoms. The standard InChI is InChI=1S/C14H17FN2O2/c1-14(18,8-17-11-3-4-11)9-19-12-5-2-10(7-16)13(15)6-12/h2,5-6,11,17-18H,3-4,8-9H2,1H3. The van der Waals surface area contributed by atoms with Gasteiger partial charge in [-0.15, -0.1) is 0 Å². The number of ether oxygens (including phenoxy) is 1. The summed E-state index contributed by atoms with van der Waals surface area (Å²) in [4.78, 5) is 0. The maximum absolute atomic E-state index is 13.4. The minimum absolute atomic E-state index is 0.0190. The molecule has 1 aromatic carbocycles. The van der Waals surface area contributed by atoms with E-state index in [0.29, 0.717) is 18.3 Å². The molecule has 1 aliphatic rings. The van der Waals surface area contributed by atoms with Gasteiger partial charge in [0.05, 0.1) is 5.56 Å². The Morgan fingerprint density at radius 1 is 1.58 bits per heavy atom. The van der Waals surface area contributed by atoms with E-state index in [1.54, 1.807) is 13.0 Å². The zero-order valence-electron chi connectivity index (χ0n) is 10.8. The quantitative estimate of drug-likeness (QED) is 0.818. The molecule has 1 fully saturated rings. The Kier molecular flexibility index (Phi) is 4.03. The van der Waals surface area contributed by atoms with Gasteiger partial charge in [0.15, 0.2) is 0 Å². The number of hydrogen-bond donors (Lipinski definition) is 2. The Morgan fingerprint density at radius 2 is 2.32 bits per heavy atom. The van der Waals surface area contributed by atoms with Crippen molar-refractivity contribution in [3.05, 3.63) is 29.6 Å². The maximum Gasteiger partial charge on any atom is 0.144 e. The van der Waals surface area contributed by atoms with E-state index in [1.165, 1.54) is 12.1 Å². The average molecular weight is 264 g/mol. The third-order valence-electron chi connectivity index (χ3n) is 2.96. The van der Waals surface area contributed by atoms with E-state index in [4.69, 9.17) is 10.00 Å². The number of nitriles is 1. The van der Waals surface area contributed by atoms with E-state index in [0.717, 1.165) is 18.9 Å². The van der Waals surface area contributed by atoms with Gasteiger partial charge < -0.3 is 15.2 Å². The number of halogens is 1. The van der Waals surface area contributed by atoms with E-state index in [9.17, 15) is 9.50 Å². The van der Waals surface area contributed by atoms with Gasteiger partial charge >= 0.3 is 0 Å². The second-order valence-corrected chi connectivity index (χ2v) is 5.19. The van der Waals surface area contributed by atoms with Gasteiger partial charge in [0.2, 0.25) is 0 Å². The van der Waals surface area contributed by atoms with Gasteiger partial charge in [-0.05, 0) is 31.9 Å². The Labute approximate surface area is 111 Å². The van der Waals surface area contributed by atoms with Gasteiger partial charge in [0.25, 0.3) is 0 Å². The Hall–Kier alpha value is -1.64. The van der Waals surface area contributed by atoms with Crippen LogP contribution in [-0.2, 0) is 0 Å². The molecule has 1 aromatic rings. The highest BCUT2D eigenvalue weighted by Gasteiger charge is 2.27. The maximum atomic E-state index is 13.4. The van der Waals surface area contributed by atoms with Crippen molar-refractivity contribution in [2.24, 2.45) is 0 Å². The zero-order chi connectivity index (χ0) is 13.9. The van der Waals surface area contributed by atoms with Crippen LogP contribution in [0.5, 0.6) is 5.75 Å². The van der Waals surface area contributed by atoms with Crippen molar-refractivity contribution >= 4 is 0 Å². The molecule has 0 saturated heterocycles. The molecule has 19 heavy (non-hydrogen) atoms. The van der Waals surface area contributed by atoms with Crippen LogP contribution in [0.2, 0.25) is 0 Å². The number of aliphatic hydroxyl groups is 1. The minimum Gasteiger partial charge on any atom is -0.490 e. The van der Waals surface area contributed by atoms with E-state index < -0.39 is 11.4 Å². The smallest absolute Gasteiger partial charge is 0.144 e. The second kappa shape index (κ2) is 5.55. The fraction of sp³-hybridized carbons (Fsp3) is 0.500. The van der Waals surface area contributed by atoms with Crippen LogP contribution >= 0.6 is 0 Å². The van der Waals surface area contributed by atoms with Gasteiger partial charge in [-0.25, -0.2) is 4.39 Å². The summed E-state index contributed by atoms with van der Waals surface area (Å²) in [5.74, 6) is -0.307. The molecule has 0 heterocycles. The van der Waals surface area contributed by atoms with Crippen molar-refractivity contribution in [1.82, 2.24) is 5.32 Å². The summed E-state index contributed by atoms with van der Waals surface area (Å²) in [5.41, 5.74) is -1.03. The molecular formula is C14H17FN2O2. The molecule has 0 bridgehead atoms. The summed E-state index contributed by atoms with van der Waals surface area (Å²) in [6.07, 6.45) is 2.30. The summed E-state index contributed by atoms with van der Waals surface area (Å²) < 4.78 is 18.7. The van der Waals surface area contributed by atoms with Gasteiger partial charge in [0, 0.05) is 18.7 Å². The number of hydrogen-bond acceptors (Lipinski definition) is 4. The molecule has 1 atom stereocenters. The fourth-order valence-electron chi connectivity index (χ4n) is 1.62. The third kappa shape index (κ3) is 4.19. The first-order valence-electron chi connectivity index (χ1n) is 6.28. The molecule has 4 nitrogen and oxygen atoms in total. The zero-order valence-corrected chi connectivity index (χ0v) is 10.8. The topological polar surface area (TPSA) is 65.3 Å². The van der Waals surface area contributed by atoms with Gasteiger partial charge in [-0.3, -0.25) is 0 Å². The third-order valence-corrected chi connectivity index (χ3v) is 2.96. The SMILES string of the molecule is CC(O)(CNC1CC1)COc1ccc(C#N)c(F)c1. The Morgan fingerprint density at radius 3 is 2.89 bits per heavy atom. The van der Waals surface area contributed by atoms with Crippen LogP contribution in [0.3, 0.4) is 0 Å². The van der Waals surface area contributed by atoms with Crippen molar-refractivity contribution < 1.29 is 14.2 Å². The summed E-state index contributed by atoms with van der Waals surface area (Å²) in [5, 5.41) is 21.9. The van der Waals surface area contributed by atoms with E-state index in [2.05, 4.69) is 5.32 Å². The van der Waals surface area contributed by atoms with Gasteiger partial charge in [0.1, 0.15) is 29.8 Å². The Balaban J connectivity index is 1.86. The molecule has 0 radical (unpaired) electrons. The minimum atomic E-state index is -1.01. The largest absolute Gasteiger partial charge is 0.490 e. The molecule has 1 saturated carbocycles. The number of benzene rings is 1. The lowest BCUT2D eigenvalue weighted by atomic mass is 10.1. The number of nitrogens with one attached hydrogen (secondary N) is 1. The summed E-state index contributed by atoms with van der Waals surface area (Å²) in [6.45, 7) is 2.18. The lowest BCUT2D eigenvalue weighted by Crippen LogP contribution is -2.43. The predicted molar refractivity (Wildman–Crippen MR) is 68.3 cm³/mol. The van der Waals surface area contributed by atoms with Crippen molar-refractivity contribution in [2.45, 2.75) is 31.4 Å². The molecule has 0 aromatic heterocycles. The number of rotatable bonds is 6. The molecule has 1 aliphatic carbocycles. The first-order valence-corrected chi connectivity index (χ1v) is 6.28. The highest BCUT2D eigenvalue weighted by atomic mass is 19.1. The van der Waals surface area contributed by atoms with Crippen LogP contribution in [0.4, 0.5) is 4.39 Å². The molecular weight excluding hydrogens is 247 g/mol. The van der Waals surface area contributed by atoms with Crippen molar-refractivity contribution in [1.29, 1.82) is 5.26 Å². The van der Waals surface area contributed by atoms with Crippen LogP contribution in [0.1, 0.15) is 25.3 Å². The van der Waals surface area contributed by atoms with Crippen LogP contribution in [-0.4, -0.2) is 29.9 Å². The summed E-state index contributed by atoms with van der Waals surface area (Å²) in [7, 11) is 0. The van der Waals surface area contributed by atoms with Crippen LogP contribution in [0, 0.1) is 17.1 Å². The summed E-state index contributed by atoms with van der Waals surface area (Å²) >= 11 is 0. The van der Waals surface area contributed by atoms with E-state index in [-0.39, 0.29) is 12.2 Å². The highest BCUT2D eigenvalue weighted by molar-refractivity contribution is 5.36. The molecule has 2 N–H and O–H groups in total. The predicted octanol–water partition coefficient (Wildman–Crippen LogP) is 1.58. The van der Waals surface area contributed by atoms with Gasteiger partial charge in [-0.1, -0.05) is 0 Å². The fourth-order valence-corrected chi connectivity index (χ4v) is 1.62. The highest BCUT2D eigenvalue weighted by Crippen LogP contribution is 2.20. The van der Waals surface area contributed by atoms with Crippen LogP contribution in [0.15, 0.2) is 18.2 Å².